The fourth-order valence-corrected chi connectivity index (χ4v) is 1.54. The van der Waals surface area contributed by atoms with Gasteiger partial charge in [-0.2, -0.15) is 0 Å². The van der Waals surface area contributed by atoms with Crippen LogP contribution in [0.3, 0.4) is 0 Å². The summed E-state index contributed by atoms with van der Waals surface area (Å²) in [6, 6.07) is 7.99. The highest BCUT2D eigenvalue weighted by molar-refractivity contribution is 7.50. The van der Waals surface area contributed by atoms with Gasteiger partial charge in [0.25, 0.3) is 0 Å². The van der Waals surface area contributed by atoms with Crippen LogP contribution >= 0.6 is 7.75 Å². The SMILES string of the molecule is N[C@H](Cc1ccccc1)C(=O)OP(N)(=O)O. The molecule has 0 bridgehead atoms. The molecule has 0 amide bonds. The van der Waals surface area contributed by atoms with Gasteiger partial charge in [0, 0.05) is 0 Å². The molecular formula is C9H13N2O4P. The quantitative estimate of drug-likeness (QED) is 0.649. The van der Waals surface area contributed by atoms with Crippen LogP contribution in [0.4, 0.5) is 0 Å². The molecule has 0 aliphatic heterocycles. The van der Waals surface area contributed by atoms with Crippen molar-refractivity contribution in [2.75, 3.05) is 0 Å². The van der Waals surface area contributed by atoms with E-state index in [0.29, 0.717) is 0 Å². The van der Waals surface area contributed by atoms with Crippen LogP contribution in [0.2, 0.25) is 0 Å². The van der Waals surface area contributed by atoms with Crippen LogP contribution in [0.25, 0.3) is 0 Å². The first-order valence-corrected chi connectivity index (χ1v) is 6.17. The molecule has 1 aromatic carbocycles. The lowest BCUT2D eigenvalue weighted by atomic mass is 10.1. The van der Waals surface area contributed by atoms with Gasteiger partial charge in [-0.15, -0.1) is 0 Å². The van der Waals surface area contributed by atoms with E-state index < -0.39 is 19.8 Å². The molecule has 0 heterocycles. The minimum Gasteiger partial charge on any atom is -0.379 e. The third-order valence-electron chi connectivity index (χ3n) is 1.82. The molecule has 0 spiro atoms. The van der Waals surface area contributed by atoms with Crippen molar-refractivity contribution in [2.24, 2.45) is 11.2 Å². The summed E-state index contributed by atoms with van der Waals surface area (Å²) in [4.78, 5) is 19.8. The van der Waals surface area contributed by atoms with Crippen molar-refractivity contribution in [3.63, 3.8) is 0 Å². The summed E-state index contributed by atoms with van der Waals surface area (Å²) in [6.07, 6.45) is 0.222. The predicted molar refractivity (Wildman–Crippen MR) is 58.2 cm³/mol. The lowest BCUT2D eigenvalue weighted by Gasteiger charge is -2.12. The van der Waals surface area contributed by atoms with Crippen molar-refractivity contribution in [1.29, 1.82) is 0 Å². The van der Waals surface area contributed by atoms with Gasteiger partial charge in [0.2, 0.25) is 0 Å². The Morgan fingerprint density at radius 3 is 2.50 bits per heavy atom. The Morgan fingerprint density at radius 2 is 2.00 bits per heavy atom. The molecule has 5 N–H and O–H groups in total. The lowest BCUT2D eigenvalue weighted by molar-refractivity contribution is -0.136. The second kappa shape index (κ2) is 5.23. The van der Waals surface area contributed by atoms with E-state index in [0.717, 1.165) is 5.56 Å². The highest BCUT2D eigenvalue weighted by atomic mass is 31.2. The maximum atomic E-state index is 11.2. The fraction of sp³-hybridized carbons (Fsp3) is 0.222. The molecule has 0 aliphatic carbocycles. The van der Waals surface area contributed by atoms with Gasteiger partial charge < -0.3 is 15.2 Å². The van der Waals surface area contributed by atoms with Crippen LogP contribution in [-0.4, -0.2) is 16.9 Å². The van der Waals surface area contributed by atoms with E-state index in [-0.39, 0.29) is 6.42 Å². The average molecular weight is 244 g/mol. The van der Waals surface area contributed by atoms with Gasteiger partial charge in [-0.05, 0) is 12.0 Å². The molecule has 0 fully saturated rings. The Labute approximate surface area is 92.8 Å². The molecule has 0 saturated heterocycles. The van der Waals surface area contributed by atoms with Gasteiger partial charge in [-0.1, -0.05) is 30.3 Å². The van der Waals surface area contributed by atoms with E-state index >= 15 is 0 Å². The fourth-order valence-electron chi connectivity index (χ4n) is 1.15. The standard InChI is InChI=1S/C9H13N2O4P/c10-8(9(12)15-16(11,13)14)6-7-4-2-1-3-5-7/h1-5,8H,6,10H2,(H3,11,13,14)/t8-/m1/s1. The molecule has 16 heavy (non-hydrogen) atoms. The third-order valence-corrected chi connectivity index (χ3v) is 2.26. The Hall–Kier alpha value is -1.20. The van der Waals surface area contributed by atoms with Crippen molar-refractivity contribution in [1.82, 2.24) is 0 Å². The monoisotopic (exact) mass is 244 g/mol. The third kappa shape index (κ3) is 4.55. The van der Waals surface area contributed by atoms with Crippen molar-refractivity contribution in [2.45, 2.75) is 12.5 Å². The van der Waals surface area contributed by atoms with Crippen LogP contribution in [0.1, 0.15) is 5.56 Å². The Balaban J connectivity index is 2.56. The van der Waals surface area contributed by atoms with E-state index in [1.54, 1.807) is 24.3 Å². The van der Waals surface area contributed by atoms with Crippen molar-refractivity contribution in [3.8, 4) is 0 Å². The lowest BCUT2D eigenvalue weighted by Crippen LogP contribution is -2.34. The smallest absolute Gasteiger partial charge is 0.379 e. The number of nitrogens with two attached hydrogens (primary N) is 2. The van der Waals surface area contributed by atoms with E-state index in [4.69, 9.17) is 10.6 Å². The molecule has 0 radical (unpaired) electrons. The molecule has 6 nitrogen and oxygen atoms in total. The minimum absolute atomic E-state index is 0.222. The Kier molecular flexibility index (Phi) is 4.20. The van der Waals surface area contributed by atoms with E-state index in [1.807, 2.05) is 6.07 Å². The number of hydrogen-bond acceptors (Lipinski definition) is 4. The number of benzene rings is 1. The maximum Gasteiger partial charge on any atom is 0.455 e. The molecule has 2 atom stereocenters. The first-order chi connectivity index (χ1) is 7.38. The highest BCUT2D eigenvalue weighted by Gasteiger charge is 2.23. The van der Waals surface area contributed by atoms with Crippen LogP contribution in [0.15, 0.2) is 30.3 Å². The van der Waals surface area contributed by atoms with Crippen molar-refractivity contribution >= 4 is 13.7 Å². The summed E-state index contributed by atoms with van der Waals surface area (Å²) in [5.74, 6) is -0.989. The van der Waals surface area contributed by atoms with Crippen LogP contribution < -0.4 is 11.2 Å². The summed E-state index contributed by atoms with van der Waals surface area (Å²) in [6.45, 7) is 0. The minimum atomic E-state index is -4.31. The Bertz CT molecular complexity index is 403. The van der Waals surface area contributed by atoms with Gasteiger partial charge in [-0.3, -0.25) is 0 Å². The first kappa shape index (κ1) is 12.9. The van der Waals surface area contributed by atoms with Gasteiger partial charge in [-0.25, -0.2) is 14.9 Å². The second-order valence-corrected chi connectivity index (χ2v) is 4.58. The number of carbonyl (C=O) groups excluding carboxylic acids is 1. The zero-order valence-electron chi connectivity index (χ0n) is 8.45. The van der Waals surface area contributed by atoms with Gasteiger partial charge in [0.05, 0.1) is 0 Å². The van der Waals surface area contributed by atoms with E-state index in [9.17, 15) is 9.36 Å². The number of hydrogen-bond donors (Lipinski definition) is 3. The van der Waals surface area contributed by atoms with Crippen LogP contribution in [0.5, 0.6) is 0 Å². The second-order valence-electron chi connectivity index (χ2n) is 3.27. The number of rotatable bonds is 4. The predicted octanol–water partition coefficient (Wildman–Crippen LogP) is 0.159. The van der Waals surface area contributed by atoms with Crippen molar-refractivity contribution in [3.05, 3.63) is 35.9 Å². The molecule has 0 aliphatic rings. The molecule has 88 valence electrons. The van der Waals surface area contributed by atoms with E-state index in [1.165, 1.54) is 0 Å². The van der Waals surface area contributed by atoms with Gasteiger partial charge in [0.15, 0.2) is 0 Å². The molecule has 7 heteroatoms. The zero-order chi connectivity index (χ0) is 12.2. The summed E-state index contributed by atoms with van der Waals surface area (Å²) in [5.41, 5.74) is 11.0. The van der Waals surface area contributed by atoms with Crippen LogP contribution in [0, 0.1) is 0 Å². The zero-order valence-corrected chi connectivity index (χ0v) is 9.34. The number of carbonyl (C=O) groups is 1. The summed E-state index contributed by atoms with van der Waals surface area (Å²) >= 11 is 0. The van der Waals surface area contributed by atoms with Crippen molar-refractivity contribution < 1.29 is 18.8 Å². The van der Waals surface area contributed by atoms with Crippen LogP contribution in [-0.2, 0) is 20.3 Å². The van der Waals surface area contributed by atoms with E-state index in [2.05, 4.69) is 10.0 Å². The van der Waals surface area contributed by atoms with Gasteiger partial charge in [0.1, 0.15) is 6.04 Å². The molecule has 0 saturated carbocycles. The molecule has 0 aromatic heterocycles. The first-order valence-electron chi connectivity index (χ1n) is 4.53. The normalized spacial score (nSPS) is 16.2. The molecule has 1 rings (SSSR count). The molecule has 1 aromatic rings. The molecule has 1 unspecified atom stereocenters. The summed E-state index contributed by atoms with van der Waals surface area (Å²) in [7, 11) is -4.31. The largest absolute Gasteiger partial charge is 0.455 e. The summed E-state index contributed by atoms with van der Waals surface area (Å²) in [5, 5.41) is 0. The molecular weight excluding hydrogens is 231 g/mol. The Morgan fingerprint density at radius 1 is 1.44 bits per heavy atom. The highest BCUT2D eigenvalue weighted by Crippen LogP contribution is 2.31. The van der Waals surface area contributed by atoms with Gasteiger partial charge >= 0.3 is 13.7 Å². The maximum absolute atomic E-state index is 11.2. The topological polar surface area (TPSA) is 116 Å². The summed E-state index contributed by atoms with van der Waals surface area (Å²) < 4.78 is 14.7. The average Bonchev–Trinajstić information content (AvgIpc) is 2.16.